The number of aryl methyl sites for hydroxylation is 1. The minimum absolute atomic E-state index is 0.0373. The number of nitrogens with zero attached hydrogens (tertiary/aromatic N) is 2. The number of nitrogens with one attached hydrogen (secondary N) is 1. The van der Waals surface area contributed by atoms with Crippen molar-refractivity contribution < 1.29 is 14.7 Å². The SMILES string of the molecule is COc1ccc(NC(=O)CC[C@@H]2C/C(=N\O)[C@@]3(C)CCC4c5ccc(Cl)cc5CCC4C23)nc1. The number of aromatic nitrogens is 1. The highest BCUT2D eigenvalue weighted by Crippen LogP contribution is 2.62. The number of oxime groups is 1. The molecule has 2 N–H and O–H groups in total. The Morgan fingerprint density at radius 3 is 2.91 bits per heavy atom. The number of fused-ring (bicyclic) bond motifs is 5. The molecule has 5 rings (SSSR count). The average molecular weight is 482 g/mol. The summed E-state index contributed by atoms with van der Waals surface area (Å²) in [4.78, 5) is 17.0. The van der Waals surface area contributed by atoms with Gasteiger partial charge in [0.25, 0.3) is 0 Å². The zero-order valence-electron chi connectivity index (χ0n) is 19.8. The number of halogens is 1. The predicted molar refractivity (Wildman–Crippen MR) is 133 cm³/mol. The highest BCUT2D eigenvalue weighted by Gasteiger charge is 2.57. The zero-order valence-corrected chi connectivity index (χ0v) is 20.5. The number of methoxy groups -OCH3 is 1. The molecule has 0 radical (unpaired) electrons. The minimum atomic E-state index is -0.0987. The highest BCUT2D eigenvalue weighted by molar-refractivity contribution is 6.30. The summed E-state index contributed by atoms with van der Waals surface area (Å²) in [6.45, 7) is 2.28. The third-order valence-corrected chi connectivity index (χ3v) is 8.90. The van der Waals surface area contributed by atoms with Crippen molar-refractivity contribution in [1.29, 1.82) is 0 Å². The second-order valence-corrected chi connectivity index (χ2v) is 10.8. The van der Waals surface area contributed by atoms with Crippen LogP contribution in [-0.4, -0.2) is 28.9 Å². The van der Waals surface area contributed by atoms with E-state index in [2.05, 4.69) is 34.5 Å². The summed E-state index contributed by atoms with van der Waals surface area (Å²) >= 11 is 6.28. The van der Waals surface area contributed by atoms with Gasteiger partial charge in [-0.25, -0.2) is 4.98 Å². The molecule has 34 heavy (non-hydrogen) atoms. The van der Waals surface area contributed by atoms with Crippen molar-refractivity contribution in [2.45, 2.75) is 57.8 Å². The lowest BCUT2D eigenvalue weighted by Crippen LogP contribution is -2.44. The number of amides is 1. The van der Waals surface area contributed by atoms with Crippen LogP contribution in [-0.2, 0) is 11.2 Å². The van der Waals surface area contributed by atoms with Crippen LogP contribution < -0.4 is 10.1 Å². The molecule has 180 valence electrons. The topological polar surface area (TPSA) is 83.8 Å². The number of carbonyl (C=O) groups is 1. The lowest BCUT2D eigenvalue weighted by atomic mass is 9.54. The summed E-state index contributed by atoms with van der Waals surface area (Å²) in [5, 5.41) is 17.3. The normalized spacial score (nSPS) is 30.9. The number of carbonyl (C=O) groups excluding carboxylic acids is 1. The summed E-state index contributed by atoms with van der Waals surface area (Å²) in [5.41, 5.74) is 3.65. The third-order valence-electron chi connectivity index (χ3n) is 8.67. The fourth-order valence-corrected chi connectivity index (χ4v) is 7.34. The molecule has 5 atom stereocenters. The molecule has 1 amide bonds. The quantitative estimate of drug-likeness (QED) is 0.400. The largest absolute Gasteiger partial charge is 0.495 e. The maximum absolute atomic E-state index is 12.7. The van der Waals surface area contributed by atoms with Crippen LogP contribution in [0, 0.1) is 23.2 Å². The van der Waals surface area contributed by atoms with Gasteiger partial charge in [-0.15, -0.1) is 0 Å². The first-order valence-corrected chi connectivity index (χ1v) is 12.6. The standard InChI is InChI=1S/C27H32ClN3O3/c1-27-12-11-21-20-8-5-18(28)13-16(20)3-7-22(21)26(27)17(14-23(27)31-33)4-10-25(32)30-24-9-6-19(34-2)15-29-24/h5-6,8-9,13,15,17,21-22,26,33H,3-4,7,10-12,14H2,1-2H3,(H,29,30,32)/b31-23+/t17-,21?,22?,26?,27-/m1/s1. The molecule has 0 aliphatic heterocycles. The van der Waals surface area contributed by atoms with E-state index < -0.39 is 0 Å². The Balaban J connectivity index is 1.32. The lowest BCUT2D eigenvalue weighted by molar-refractivity contribution is -0.116. The van der Waals surface area contributed by atoms with Gasteiger partial charge in [0, 0.05) is 16.9 Å². The van der Waals surface area contributed by atoms with E-state index in [0.717, 1.165) is 49.3 Å². The van der Waals surface area contributed by atoms with Crippen LogP contribution in [0.5, 0.6) is 5.75 Å². The van der Waals surface area contributed by atoms with Gasteiger partial charge < -0.3 is 15.3 Å². The van der Waals surface area contributed by atoms with E-state index in [-0.39, 0.29) is 11.3 Å². The maximum atomic E-state index is 12.7. The molecule has 3 aliphatic carbocycles. The fraction of sp³-hybridized carbons (Fsp3) is 0.519. The zero-order chi connectivity index (χ0) is 23.9. The van der Waals surface area contributed by atoms with E-state index in [1.165, 1.54) is 11.1 Å². The minimum Gasteiger partial charge on any atom is -0.495 e. The molecule has 1 aromatic carbocycles. The highest BCUT2D eigenvalue weighted by atomic mass is 35.5. The summed E-state index contributed by atoms with van der Waals surface area (Å²) < 4.78 is 5.13. The van der Waals surface area contributed by atoms with Crippen LogP contribution >= 0.6 is 11.6 Å². The van der Waals surface area contributed by atoms with Crippen LogP contribution in [0.4, 0.5) is 5.82 Å². The van der Waals surface area contributed by atoms with Crippen molar-refractivity contribution in [2.75, 3.05) is 12.4 Å². The van der Waals surface area contributed by atoms with Crippen LogP contribution in [0.3, 0.4) is 0 Å². The van der Waals surface area contributed by atoms with Crippen molar-refractivity contribution in [2.24, 2.45) is 28.3 Å². The molecular formula is C27H32ClN3O3. The molecule has 0 saturated heterocycles. The monoisotopic (exact) mass is 481 g/mol. The Hall–Kier alpha value is -2.60. The molecule has 1 aromatic heterocycles. The van der Waals surface area contributed by atoms with Gasteiger partial charge in [0.05, 0.1) is 19.0 Å². The van der Waals surface area contributed by atoms with Gasteiger partial charge in [-0.1, -0.05) is 29.7 Å². The Labute approximate surface area is 205 Å². The third kappa shape index (κ3) is 4.06. The molecule has 7 heteroatoms. The van der Waals surface area contributed by atoms with Gasteiger partial charge in [-0.05, 0) is 97.6 Å². The second kappa shape index (κ2) is 9.21. The Kier molecular flexibility index (Phi) is 6.28. The summed E-state index contributed by atoms with van der Waals surface area (Å²) in [6.07, 6.45) is 7.83. The molecule has 2 aromatic rings. The van der Waals surface area contributed by atoms with Gasteiger partial charge in [0.2, 0.25) is 5.91 Å². The van der Waals surface area contributed by atoms with Crippen LogP contribution in [0.25, 0.3) is 0 Å². The molecule has 3 aliphatic rings. The fourth-order valence-electron chi connectivity index (χ4n) is 7.15. The molecule has 0 spiro atoms. The summed E-state index contributed by atoms with van der Waals surface area (Å²) in [5.74, 6) is 2.92. The number of pyridine rings is 1. The van der Waals surface area contributed by atoms with E-state index in [9.17, 15) is 10.0 Å². The first-order valence-electron chi connectivity index (χ1n) is 12.2. The van der Waals surface area contributed by atoms with Gasteiger partial charge in [0.1, 0.15) is 11.6 Å². The second-order valence-electron chi connectivity index (χ2n) is 10.3. The molecule has 6 nitrogen and oxygen atoms in total. The molecule has 3 unspecified atom stereocenters. The first kappa shape index (κ1) is 23.2. The Morgan fingerprint density at radius 2 is 2.18 bits per heavy atom. The predicted octanol–water partition coefficient (Wildman–Crippen LogP) is 6.07. The van der Waals surface area contributed by atoms with Crippen molar-refractivity contribution in [3.8, 4) is 5.75 Å². The number of anilines is 1. The smallest absolute Gasteiger partial charge is 0.225 e. The number of ether oxygens (including phenoxy) is 1. The van der Waals surface area contributed by atoms with E-state index in [0.29, 0.717) is 41.7 Å². The number of hydrogen-bond acceptors (Lipinski definition) is 5. The maximum Gasteiger partial charge on any atom is 0.225 e. The molecule has 2 saturated carbocycles. The van der Waals surface area contributed by atoms with Gasteiger partial charge in [-0.2, -0.15) is 0 Å². The van der Waals surface area contributed by atoms with Gasteiger partial charge in [0.15, 0.2) is 0 Å². The molecule has 0 bridgehead atoms. The van der Waals surface area contributed by atoms with Crippen molar-refractivity contribution in [1.82, 2.24) is 4.98 Å². The molecule has 1 heterocycles. The van der Waals surface area contributed by atoms with Gasteiger partial charge in [-0.3, -0.25) is 4.79 Å². The van der Waals surface area contributed by atoms with E-state index in [1.54, 1.807) is 25.4 Å². The Bertz CT molecular complexity index is 1100. The van der Waals surface area contributed by atoms with Crippen molar-refractivity contribution in [3.05, 3.63) is 52.7 Å². The van der Waals surface area contributed by atoms with Crippen LogP contribution in [0.15, 0.2) is 41.7 Å². The first-order chi connectivity index (χ1) is 16.4. The molecule has 2 fully saturated rings. The van der Waals surface area contributed by atoms with Crippen molar-refractivity contribution in [3.63, 3.8) is 0 Å². The van der Waals surface area contributed by atoms with Crippen LogP contribution in [0.1, 0.15) is 62.5 Å². The number of rotatable bonds is 5. The number of hydrogen-bond donors (Lipinski definition) is 2. The number of benzene rings is 1. The summed E-state index contributed by atoms with van der Waals surface area (Å²) in [7, 11) is 1.59. The van der Waals surface area contributed by atoms with Crippen molar-refractivity contribution >= 4 is 29.0 Å². The van der Waals surface area contributed by atoms with E-state index in [4.69, 9.17) is 16.3 Å². The van der Waals surface area contributed by atoms with E-state index in [1.807, 2.05) is 6.07 Å². The van der Waals surface area contributed by atoms with Gasteiger partial charge >= 0.3 is 0 Å². The lowest BCUT2D eigenvalue weighted by Gasteiger charge is -2.50. The summed E-state index contributed by atoms with van der Waals surface area (Å²) in [6, 6.07) is 9.89. The molecular weight excluding hydrogens is 450 g/mol. The Morgan fingerprint density at radius 1 is 1.32 bits per heavy atom. The van der Waals surface area contributed by atoms with E-state index >= 15 is 0 Å². The van der Waals surface area contributed by atoms with Crippen LogP contribution in [0.2, 0.25) is 5.02 Å². The average Bonchev–Trinajstić information content (AvgIpc) is 3.14.